The zero-order chi connectivity index (χ0) is 22.3. The van der Waals surface area contributed by atoms with Crippen molar-refractivity contribution >= 4 is 29.0 Å². The second-order valence-corrected chi connectivity index (χ2v) is 8.43. The van der Waals surface area contributed by atoms with Crippen LogP contribution >= 0.6 is 11.3 Å². The Hall–Kier alpha value is -3.70. The summed E-state index contributed by atoms with van der Waals surface area (Å²) in [6.07, 6.45) is 5.42. The van der Waals surface area contributed by atoms with E-state index in [1.54, 1.807) is 42.3 Å². The number of hydrogen-bond donors (Lipinski definition) is 2. The predicted octanol–water partition coefficient (Wildman–Crippen LogP) is 2.19. The van der Waals surface area contributed by atoms with Gasteiger partial charge in [0.2, 0.25) is 5.95 Å². The number of anilines is 2. The smallest absolute Gasteiger partial charge is 0.258 e. The summed E-state index contributed by atoms with van der Waals surface area (Å²) >= 11 is 1.42. The van der Waals surface area contributed by atoms with Crippen LogP contribution in [0.1, 0.15) is 12.0 Å². The highest BCUT2D eigenvalue weighted by Crippen LogP contribution is 2.35. The van der Waals surface area contributed by atoms with Crippen molar-refractivity contribution in [3.8, 4) is 22.1 Å². The molecule has 1 saturated heterocycles. The molecular formula is C21H20N8O2S. The highest BCUT2D eigenvalue weighted by Gasteiger charge is 2.45. The number of nitrogens with zero attached hydrogens (tertiary/aromatic N) is 7. The lowest BCUT2D eigenvalue weighted by atomic mass is 9.92. The fraction of sp³-hybridized carbons (Fsp3) is 0.238. The second-order valence-electron chi connectivity index (χ2n) is 7.57. The summed E-state index contributed by atoms with van der Waals surface area (Å²) < 4.78 is 1.69. The maximum Gasteiger partial charge on any atom is 0.258 e. The molecule has 0 radical (unpaired) electrons. The number of likely N-dealkylation sites (N-methyl/N-ethyl adjacent to an activating group) is 1. The number of nitrogens with one attached hydrogen (secondary N) is 1. The predicted molar refractivity (Wildman–Crippen MR) is 119 cm³/mol. The first-order valence-electron chi connectivity index (χ1n) is 9.93. The quantitative estimate of drug-likeness (QED) is 0.476. The van der Waals surface area contributed by atoms with Gasteiger partial charge in [0.05, 0.1) is 11.4 Å². The molecule has 0 saturated carbocycles. The molecule has 5 rings (SSSR count). The van der Waals surface area contributed by atoms with Crippen molar-refractivity contribution in [3.05, 3.63) is 53.8 Å². The zero-order valence-corrected chi connectivity index (χ0v) is 18.2. The Labute approximate surface area is 187 Å². The van der Waals surface area contributed by atoms with Gasteiger partial charge in [0.25, 0.3) is 5.91 Å². The Morgan fingerprint density at radius 2 is 1.94 bits per heavy atom. The minimum atomic E-state index is -1.52. The van der Waals surface area contributed by atoms with E-state index in [4.69, 9.17) is 0 Å². The normalized spacial score (nSPS) is 18.3. The van der Waals surface area contributed by atoms with Crippen LogP contribution in [0.15, 0.2) is 48.2 Å². The maximum absolute atomic E-state index is 12.4. The molecule has 32 heavy (non-hydrogen) atoms. The Balaban J connectivity index is 1.41. The van der Waals surface area contributed by atoms with E-state index in [9.17, 15) is 9.90 Å². The summed E-state index contributed by atoms with van der Waals surface area (Å²) in [6.45, 7) is 0.511. The van der Waals surface area contributed by atoms with E-state index < -0.39 is 5.60 Å². The van der Waals surface area contributed by atoms with Crippen LogP contribution in [0.5, 0.6) is 0 Å². The molecule has 1 fully saturated rings. The molecule has 4 aromatic rings. The van der Waals surface area contributed by atoms with Crippen LogP contribution in [0, 0.1) is 0 Å². The Kier molecular flexibility index (Phi) is 4.91. The van der Waals surface area contributed by atoms with Gasteiger partial charge in [0.15, 0.2) is 11.4 Å². The van der Waals surface area contributed by atoms with E-state index in [-0.39, 0.29) is 5.91 Å². The molecule has 0 unspecified atom stereocenters. The highest BCUT2D eigenvalue weighted by molar-refractivity contribution is 7.13. The first kappa shape index (κ1) is 20.2. The number of amides is 1. The van der Waals surface area contributed by atoms with Crippen molar-refractivity contribution < 1.29 is 9.90 Å². The van der Waals surface area contributed by atoms with Gasteiger partial charge in [-0.3, -0.25) is 14.5 Å². The van der Waals surface area contributed by atoms with Crippen molar-refractivity contribution in [1.82, 2.24) is 34.6 Å². The van der Waals surface area contributed by atoms with Crippen LogP contribution in [-0.2, 0) is 17.4 Å². The van der Waals surface area contributed by atoms with Gasteiger partial charge in [-0.2, -0.15) is 5.10 Å². The number of aryl methyl sites for hydroxylation is 1. The first-order chi connectivity index (χ1) is 15.4. The number of carbonyl (C=O) groups excluding carboxylic acids is 1. The molecule has 2 N–H and O–H groups in total. The van der Waals surface area contributed by atoms with E-state index in [2.05, 4.69) is 30.4 Å². The SMILES string of the molecule is CN1CC[C@](O)(c2ccnc(-c3nc(-c4ccnc(Nc5ccn(C)n5)n4)cs3)c2)C1=O. The third kappa shape index (κ3) is 3.61. The minimum Gasteiger partial charge on any atom is -0.375 e. The molecule has 1 aliphatic rings. The number of aromatic nitrogens is 6. The van der Waals surface area contributed by atoms with Crippen LogP contribution < -0.4 is 5.32 Å². The average molecular weight is 449 g/mol. The number of rotatable bonds is 5. The van der Waals surface area contributed by atoms with Gasteiger partial charge in [-0.05, 0) is 23.8 Å². The Bertz CT molecular complexity index is 1300. The second kappa shape index (κ2) is 7.77. The van der Waals surface area contributed by atoms with E-state index in [1.165, 1.54) is 16.2 Å². The standard InChI is InChI=1S/C21H20N8O2S/c1-28-10-6-21(31,19(28)30)13-3-7-22-15(11-13)18-24-16(12-32-18)14-4-8-23-20(25-14)26-17-5-9-29(2)27-17/h3-5,7-9,11-12,31H,6,10H2,1-2H3,(H,23,25,26,27)/t21-/m0/s1. The lowest BCUT2D eigenvalue weighted by Gasteiger charge is -2.21. The lowest BCUT2D eigenvalue weighted by Crippen LogP contribution is -2.36. The van der Waals surface area contributed by atoms with Crippen LogP contribution in [0.4, 0.5) is 11.8 Å². The molecule has 11 heteroatoms. The minimum absolute atomic E-state index is 0.302. The maximum atomic E-state index is 12.4. The van der Waals surface area contributed by atoms with Crippen LogP contribution in [0.25, 0.3) is 22.1 Å². The van der Waals surface area contributed by atoms with Gasteiger partial charge in [-0.25, -0.2) is 15.0 Å². The van der Waals surface area contributed by atoms with Crippen molar-refractivity contribution in [2.75, 3.05) is 18.9 Å². The summed E-state index contributed by atoms with van der Waals surface area (Å²) in [4.78, 5) is 31.8. The van der Waals surface area contributed by atoms with E-state index in [1.807, 2.05) is 24.7 Å². The van der Waals surface area contributed by atoms with Gasteiger partial charge in [-0.1, -0.05) is 0 Å². The molecule has 1 aliphatic heterocycles. The highest BCUT2D eigenvalue weighted by atomic mass is 32.1. The van der Waals surface area contributed by atoms with Crippen molar-refractivity contribution in [1.29, 1.82) is 0 Å². The van der Waals surface area contributed by atoms with Crippen LogP contribution in [0.3, 0.4) is 0 Å². The molecule has 0 bridgehead atoms. The van der Waals surface area contributed by atoms with Crippen molar-refractivity contribution in [2.45, 2.75) is 12.0 Å². The number of pyridine rings is 1. The number of carbonyl (C=O) groups is 1. The van der Waals surface area contributed by atoms with Gasteiger partial charge >= 0.3 is 0 Å². The summed E-state index contributed by atoms with van der Waals surface area (Å²) in [7, 11) is 3.52. The molecule has 162 valence electrons. The lowest BCUT2D eigenvalue weighted by molar-refractivity contribution is -0.143. The fourth-order valence-electron chi connectivity index (χ4n) is 3.59. The summed E-state index contributed by atoms with van der Waals surface area (Å²) in [5.41, 5.74) is 0.931. The summed E-state index contributed by atoms with van der Waals surface area (Å²) in [6, 6.07) is 7.02. The summed E-state index contributed by atoms with van der Waals surface area (Å²) in [5.74, 6) is 0.764. The van der Waals surface area contributed by atoms with Gasteiger partial charge in [0, 0.05) is 57.1 Å². The molecule has 1 atom stereocenters. The molecular weight excluding hydrogens is 428 g/mol. The van der Waals surface area contributed by atoms with Gasteiger partial charge < -0.3 is 15.3 Å². The van der Waals surface area contributed by atoms with Crippen LogP contribution in [0.2, 0.25) is 0 Å². The Morgan fingerprint density at radius 1 is 1.09 bits per heavy atom. The molecule has 0 spiro atoms. The fourth-order valence-corrected chi connectivity index (χ4v) is 4.37. The number of likely N-dealkylation sites (tertiary alicyclic amines) is 1. The van der Waals surface area contributed by atoms with Crippen LogP contribution in [-0.4, -0.2) is 59.2 Å². The molecule has 0 aliphatic carbocycles. The van der Waals surface area contributed by atoms with E-state index in [0.29, 0.717) is 52.4 Å². The number of aliphatic hydroxyl groups is 1. The first-order valence-corrected chi connectivity index (χ1v) is 10.8. The third-order valence-corrected chi connectivity index (χ3v) is 6.21. The number of hydrogen-bond acceptors (Lipinski definition) is 9. The van der Waals surface area contributed by atoms with Crippen molar-refractivity contribution in [2.24, 2.45) is 7.05 Å². The molecule has 0 aromatic carbocycles. The third-order valence-electron chi connectivity index (χ3n) is 5.34. The molecule has 10 nitrogen and oxygen atoms in total. The summed E-state index contributed by atoms with van der Waals surface area (Å²) in [5, 5.41) is 20.8. The number of thiazole rings is 1. The average Bonchev–Trinajstić information content (AvgIpc) is 3.52. The topological polar surface area (TPSA) is 122 Å². The van der Waals surface area contributed by atoms with Gasteiger partial charge in [-0.15, -0.1) is 11.3 Å². The zero-order valence-electron chi connectivity index (χ0n) is 17.4. The molecule has 1 amide bonds. The monoisotopic (exact) mass is 448 g/mol. The largest absolute Gasteiger partial charge is 0.375 e. The van der Waals surface area contributed by atoms with Crippen molar-refractivity contribution in [3.63, 3.8) is 0 Å². The molecule has 5 heterocycles. The molecule has 4 aromatic heterocycles. The van der Waals surface area contributed by atoms with E-state index >= 15 is 0 Å². The van der Waals surface area contributed by atoms with Gasteiger partial charge in [0.1, 0.15) is 10.7 Å². The van der Waals surface area contributed by atoms with E-state index in [0.717, 1.165) is 0 Å². The Morgan fingerprint density at radius 3 is 2.69 bits per heavy atom.